The van der Waals surface area contributed by atoms with E-state index in [0.717, 1.165) is 11.1 Å². The van der Waals surface area contributed by atoms with Gasteiger partial charge in [0.05, 0.1) is 22.3 Å². The van der Waals surface area contributed by atoms with Crippen LogP contribution < -0.4 is 10.1 Å². The van der Waals surface area contributed by atoms with Gasteiger partial charge in [-0.15, -0.1) is 0 Å². The summed E-state index contributed by atoms with van der Waals surface area (Å²) in [5.74, 6) is 1.61. The van der Waals surface area contributed by atoms with Crippen molar-refractivity contribution in [2.24, 2.45) is 0 Å². The molecule has 1 heterocycles. The van der Waals surface area contributed by atoms with Gasteiger partial charge in [0.15, 0.2) is 0 Å². The molecule has 0 aliphatic carbocycles. The quantitative estimate of drug-likeness (QED) is 0.930. The molecule has 0 spiro atoms. The average Bonchev–Trinajstić information content (AvgIpc) is 2.44. The third kappa shape index (κ3) is 2.89. The lowest BCUT2D eigenvalue weighted by molar-refractivity contribution is 0.452. The van der Waals surface area contributed by atoms with Crippen molar-refractivity contribution in [3.8, 4) is 17.7 Å². The molecule has 0 saturated heterocycles. The molecule has 0 amide bonds. The third-order valence-corrected chi connectivity index (χ3v) is 3.27. The minimum Gasteiger partial charge on any atom is -0.437 e. The summed E-state index contributed by atoms with van der Waals surface area (Å²) < 4.78 is 6.53. The van der Waals surface area contributed by atoms with Crippen molar-refractivity contribution in [1.29, 1.82) is 5.26 Å². The van der Waals surface area contributed by atoms with Gasteiger partial charge in [0.2, 0.25) is 11.8 Å². The first-order valence-electron chi connectivity index (χ1n) is 5.94. The molecule has 102 valence electrons. The number of nitrogens with zero attached hydrogens (tertiary/aromatic N) is 3. The summed E-state index contributed by atoms with van der Waals surface area (Å²) >= 11 is 3.36. The van der Waals surface area contributed by atoms with Crippen molar-refractivity contribution in [2.45, 2.75) is 13.8 Å². The fraction of sp³-hybridized carbons (Fsp3) is 0.214. The summed E-state index contributed by atoms with van der Waals surface area (Å²) in [6, 6.07) is 5.71. The van der Waals surface area contributed by atoms with Gasteiger partial charge in [-0.2, -0.15) is 10.2 Å². The molecule has 1 aromatic carbocycles. The van der Waals surface area contributed by atoms with Crippen LogP contribution in [0.2, 0.25) is 0 Å². The van der Waals surface area contributed by atoms with E-state index in [2.05, 4.69) is 37.3 Å². The Balaban J connectivity index is 2.43. The molecule has 2 rings (SSSR count). The molecule has 2 aromatic rings. The molecule has 0 saturated carbocycles. The summed E-state index contributed by atoms with van der Waals surface area (Å²) in [6.07, 6.45) is 1.63. The Morgan fingerprint density at radius 3 is 2.50 bits per heavy atom. The van der Waals surface area contributed by atoms with Crippen LogP contribution in [0.5, 0.6) is 11.6 Å². The molecule has 6 heteroatoms. The summed E-state index contributed by atoms with van der Waals surface area (Å²) in [4.78, 5) is 8.33. The second-order valence-corrected chi connectivity index (χ2v) is 5.10. The summed E-state index contributed by atoms with van der Waals surface area (Å²) in [5, 5.41) is 11.8. The zero-order valence-electron chi connectivity index (χ0n) is 11.4. The van der Waals surface area contributed by atoms with Crippen LogP contribution in [0.3, 0.4) is 0 Å². The second-order valence-electron chi connectivity index (χ2n) is 4.25. The normalized spacial score (nSPS) is 9.95. The minimum atomic E-state index is 0.431. The van der Waals surface area contributed by atoms with Gasteiger partial charge in [-0.1, -0.05) is 0 Å². The van der Waals surface area contributed by atoms with Crippen LogP contribution in [0.25, 0.3) is 0 Å². The molecule has 1 N–H and O–H groups in total. The van der Waals surface area contributed by atoms with Crippen LogP contribution in [0.15, 0.2) is 22.8 Å². The maximum Gasteiger partial charge on any atom is 0.238 e. The minimum absolute atomic E-state index is 0.431. The Kier molecular flexibility index (Phi) is 4.20. The fourth-order valence-corrected chi connectivity index (χ4v) is 2.09. The predicted molar refractivity (Wildman–Crippen MR) is 80.0 cm³/mol. The molecule has 0 atom stereocenters. The first-order chi connectivity index (χ1) is 9.55. The molecule has 0 aliphatic rings. The van der Waals surface area contributed by atoms with E-state index in [1.807, 2.05) is 13.8 Å². The highest BCUT2D eigenvalue weighted by atomic mass is 79.9. The number of halogens is 1. The number of anilines is 1. The number of nitriles is 1. The highest BCUT2D eigenvalue weighted by Crippen LogP contribution is 2.32. The van der Waals surface area contributed by atoms with Gasteiger partial charge in [0.1, 0.15) is 5.75 Å². The van der Waals surface area contributed by atoms with E-state index < -0.39 is 0 Å². The molecule has 0 bridgehead atoms. The zero-order chi connectivity index (χ0) is 14.7. The first kappa shape index (κ1) is 14.3. The second kappa shape index (κ2) is 5.88. The monoisotopic (exact) mass is 332 g/mol. The van der Waals surface area contributed by atoms with Crippen molar-refractivity contribution < 1.29 is 4.74 Å². The van der Waals surface area contributed by atoms with Crippen molar-refractivity contribution >= 4 is 21.9 Å². The summed E-state index contributed by atoms with van der Waals surface area (Å²) in [5.41, 5.74) is 2.39. The van der Waals surface area contributed by atoms with E-state index in [1.165, 1.54) is 0 Å². The van der Waals surface area contributed by atoms with Gasteiger partial charge in [-0.25, -0.2) is 4.98 Å². The number of hydrogen-bond acceptors (Lipinski definition) is 5. The van der Waals surface area contributed by atoms with Gasteiger partial charge >= 0.3 is 0 Å². The average molecular weight is 333 g/mol. The summed E-state index contributed by atoms with van der Waals surface area (Å²) in [6.45, 7) is 3.80. The molecule has 0 unspecified atom stereocenters. The Bertz CT molecular complexity index is 671. The van der Waals surface area contributed by atoms with Crippen molar-refractivity contribution in [2.75, 3.05) is 12.4 Å². The zero-order valence-corrected chi connectivity index (χ0v) is 12.9. The number of benzene rings is 1. The number of hydrogen-bond donors (Lipinski definition) is 1. The van der Waals surface area contributed by atoms with Crippen LogP contribution in [-0.4, -0.2) is 17.0 Å². The van der Waals surface area contributed by atoms with Gasteiger partial charge in [-0.3, -0.25) is 0 Å². The molecule has 0 fully saturated rings. The largest absolute Gasteiger partial charge is 0.437 e. The molecule has 5 nitrogen and oxygen atoms in total. The Hall–Kier alpha value is -2.13. The Morgan fingerprint density at radius 2 is 1.95 bits per heavy atom. The van der Waals surface area contributed by atoms with Crippen molar-refractivity contribution in [1.82, 2.24) is 9.97 Å². The Morgan fingerprint density at radius 1 is 1.30 bits per heavy atom. The van der Waals surface area contributed by atoms with Gasteiger partial charge in [0.25, 0.3) is 0 Å². The topological polar surface area (TPSA) is 70.8 Å². The van der Waals surface area contributed by atoms with Crippen LogP contribution >= 0.6 is 15.9 Å². The van der Waals surface area contributed by atoms with Crippen LogP contribution in [-0.2, 0) is 0 Å². The van der Waals surface area contributed by atoms with Gasteiger partial charge < -0.3 is 10.1 Å². The number of aryl methyl sites for hydroxylation is 2. The molecule has 0 aliphatic heterocycles. The van der Waals surface area contributed by atoms with E-state index in [9.17, 15) is 0 Å². The smallest absolute Gasteiger partial charge is 0.238 e. The van der Waals surface area contributed by atoms with Crippen LogP contribution in [0.1, 0.15) is 16.7 Å². The molecule has 0 radical (unpaired) electrons. The highest BCUT2D eigenvalue weighted by Gasteiger charge is 2.12. The van der Waals surface area contributed by atoms with E-state index in [-0.39, 0.29) is 0 Å². The summed E-state index contributed by atoms with van der Waals surface area (Å²) in [7, 11) is 1.74. The molecule has 20 heavy (non-hydrogen) atoms. The standard InChI is InChI=1S/C14H13BrN4O/c1-8-4-10(6-16)5-9(2)12(8)20-13-11(15)7-18-14(17-3)19-13/h4-5,7H,1-3H3,(H,17,18,19). The number of ether oxygens (including phenoxy) is 1. The molecular weight excluding hydrogens is 320 g/mol. The maximum atomic E-state index is 8.95. The Labute approximate surface area is 125 Å². The predicted octanol–water partition coefficient (Wildman–Crippen LogP) is 3.56. The van der Waals surface area contributed by atoms with Crippen LogP contribution in [0, 0.1) is 25.2 Å². The first-order valence-corrected chi connectivity index (χ1v) is 6.74. The van der Waals surface area contributed by atoms with E-state index in [0.29, 0.717) is 27.6 Å². The third-order valence-electron chi connectivity index (χ3n) is 2.72. The van der Waals surface area contributed by atoms with Gasteiger partial charge in [0, 0.05) is 7.05 Å². The SMILES string of the molecule is CNc1ncc(Br)c(Oc2c(C)cc(C#N)cc2C)n1. The van der Waals surface area contributed by atoms with Crippen molar-refractivity contribution in [3.63, 3.8) is 0 Å². The lowest BCUT2D eigenvalue weighted by Gasteiger charge is -2.13. The number of aromatic nitrogens is 2. The fourth-order valence-electron chi connectivity index (χ4n) is 1.82. The molecular formula is C14H13BrN4O. The van der Waals surface area contributed by atoms with Crippen LogP contribution in [0.4, 0.5) is 5.95 Å². The number of nitrogens with one attached hydrogen (secondary N) is 1. The molecule has 1 aromatic heterocycles. The van der Waals surface area contributed by atoms with E-state index >= 15 is 0 Å². The maximum absolute atomic E-state index is 8.95. The highest BCUT2D eigenvalue weighted by molar-refractivity contribution is 9.10. The lowest BCUT2D eigenvalue weighted by atomic mass is 10.1. The van der Waals surface area contributed by atoms with Gasteiger partial charge in [-0.05, 0) is 53.0 Å². The number of rotatable bonds is 3. The van der Waals surface area contributed by atoms with E-state index in [4.69, 9.17) is 10.00 Å². The lowest BCUT2D eigenvalue weighted by Crippen LogP contribution is -2.00. The van der Waals surface area contributed by atoms with Crippen molar-refractivity contribution in [3.05, 3.63) is 39.5 Å². The van der Waals surface area contributed by atoms with E-state index in [1.54, 1.807) is 25.4 Å².